The number of carbonyl (C=O) groups excluding carboxylic acids is 3. The molecule has 0 amide bonds. The Hall–Kier alpha value is -7.11. The van der Waals surface area contributed by atoms with Crippen LogP contribution in [0.4, 0.5) is 0 Å². The van der Waals surface area contributed by atoms with Crippen molar-refractivity contribution in [2.75, 3.05) is 112 Å². The van der Waals surface area contributed by atoms with Gasteiger partial charge in [0, 0.05) is 98.9 Å². The van der Waals surface area contributed by atoms with Gasteiger partial charge in [-0.05, 0) is 309 Å². The summed E-state index contributed by atoms with van der Waals surface area (Å²) in [4.78, 5) is 48.8. The van der Waals surface area contributed by atoms with E-state index in [1.54, 1.807) is 24.3 Å². The van der Waals surface area contributed by atoms with Crippen LogP contribution in [-0.2, 0) is 0 Å². The van der Waals surface area contributed by atoms with Gasteiger partial charge in [0.1, 0.15) is 28.7 Å². The molecule has 15 heteroatoms. The van der Waals surface area contributed by atoms with E-state index in [1.807, 2.05) is 104 Å². The molecule has 5 saturated heterocycles. The number of carbonyl (C=O) groups is 3. The molecule has 2 aliphatic carbocycles. The van der Waals surface area contributed by atoms with Crippen LogP contribution < -0.4 is 23.7 Å². The van der Waals surface area contributed by atoms with Gasteiger partial charge in [0.05, 0.1) is 56.3 Å². The third-order valence-electron chi connectivity index (χ3n) is 23.0. The first kappa shape index (κ1) is 85.5. The molecule has 5 aromatic carbocycles. The maximum Gasteiger partial charge on any atom is 0.165 e. The minimum absolute atomic E-state index is 0.181. The Balaban J connectivity index is 0.000000169. The van der Waals surface area contributed by atoms with E-state index in [0.717, 1.165) is 181 Å². The fraction of sp³-hybridized carbons (Fsp3) is 0.620. The van der Waals surface area contributed by atoms with Crippen LogP contribution >= 0.6 is 0 Å². The number of nitriles is 2. The van der Waals surface area contributed by atoms with Gasteiger partial charge in [-0.15, -0.1) is 0 Å². The van der Waals surface area contributed by atoms with E-state index in [1.165, 1.54) is 155 Å². The van der Waals surface area contributed by atoms with Crippen LogP contribution in [0.5, 0.6) is 28.7 Å². The zero-order valence-corrected chi connectivity index (χ0v) is 66.6. The van der Waals surface area contributed by atoms with Gasteiger partial charge in [-0.3, -0.25) is 19.3 Å². The summed E-state index contributed by atoms with van der Waals surface area (Å²) in [6.45, 7) is 31.6. The number of hydrogen-bond acceptors (Lipinski definition) is 15. The summed E-state index contributed by atoms with van der Waals surface area (Å²) in [5.74, 6) is 7.37. The topological polar surface area (TPSA) is 161 Å². The van der Waals surface area contributed by atoms with E-state index < -0.39 is 0 Å². The lowest BCUT2D eigenvalue weighted by atomic mass is 9.80. The van der Waals surface area contributed by atoms with Gasteiger partial charge < -0.3 is 43.3 Å². The van der Waals surface area contributed by atoms with Gasteiger partial charge in [0.25, 0.3) is 0 Å². The number of rotatable bonds is 32. The second-order valence-electron chi connectivity index (χ2n) is 31.4. The van der Waals surface area contributed by atoms with Crippen molar-refractivity contribution in [2.24, 2.45) is 23.7 Å². The van der Waals surface area contributed by atoms with Gasteiger partial charge in [0.2, 0.25) is 0 Å². The molecule has 0 spiro atoms. The second kappa shape index (κ2) is 49.1. The lowest BCUT2D eigenvalue weighted by Gasteiger charge is -2.39. The number of hydrogen-bond donors (Lipinski definition) is 0. The van der Waals surface area contributed by atoms with Crippen molar-refractivity contribution >= 4 is 17.3 Å². The quantitative estimate of drug-likeness (QED) is 0.0295. The summed E-state index contributed by atoms with van der Waals surface area (Å²) in [6, 6.07) is 44.0. The average Bonchev–Trinajstić information content (AvgIpc) is 1.58. The van der Waals surface area contributed by atoms with E-state index in [4.69, 9.17) is 34.2 Å². The first-order valence-corrected chi connectivity index (χ1v) is 42.0. The molecule has 7 fully saturated rings. The molecule has 5 aliphatic heterocycles. The molecule has 107 heavy (non-hydrogen) atoms. The molecule has 3 unspecified atom stereocenters. The van der Waals surface area contributed by atoms with Crippen molar-refractivity contribution < 1.29 is 38.1 Å². The van der Waals surface area contributed by atoms with Crippen molar-refractivity contribution in [3.8, 4) is 40.9 Å². The Morgan fingerprint density at radius 3 is 1.14 bits per heavy atom. The van der Waals surface area contributed by atoms with Crippen molar-refractivity contribution in [1.29, 1.82) is 10.5 Å². The van der Waals surface area contributed by atoms with Crippen LogP contribution in [0.3, 0.4) is 0 Å². The van der Waals surface area contributed by atoms with Crippen molar-refractivity contribution in [3.05, 3.63) is 149 Å². The number of piperidine rings is 5. The van der Waals surface area contributed by atoms with Gasteiger partial charge in [0.15, 0.2) is 17.3 Å². The van der Waals surface area contributed by atoms with Gasteiger partial charge in [-0.25, -0.2) is 0 Å². The molecule has 5 heterocycles. The minimum Gasteiger partial charge on any atom is -0.494 e. The molecule has 0 bridgehead atoms. The summed E-state index contributed by atoms with van der Waals surface area (Å²) < 4.78 is 28.8. The van der Waals surface area contributed by atoms with Crippen LogP contribution in [0, 0.1) is 46.3 Å². The van der Waals surface area contributed by atoms with E-state index in [0.29, 0.717) is 47.2 Å². The van der Waals surface area contributed by atoms with Crippen LogP contribution in [0.1, 0.15) is 257 Å². The number of Topliss-reactive ketones (excluding diaryl/α,β-unsaturated/α-hetero) is 3. The summed E-state index contributed by atoms with van der Waals surface area (Å²) in [7, 11) is 0. The van der Waals surface area contributed by atoms with Gasteiger partial charge >= 0.3 is 0 Å². The van der Waals surface area contributed by atoms with E-state index in [-0.39, 0.29) is 17.6 Å². The molecule has 0 aromatic heterocycles. The van der Waals surface area contributed by atoms with Crippen LogP contribution in [0.15, 0.2) is 121 Å². The maximum atomic E-state index is 12.3. The molecule has 12 rings (SSSR count). The van der Waals surface area contributed by atoms with E-state index in [9.17, 15) is 14.4 Å². The van der Waals surface area contributed by atoms with Gasteiger partial charge in [-0.2, -0.15) is 10.5 Å². The highest BCUT2D eigenvalue weighted by Gasteiger charge is 2.28. The first-order chi connectivity index (χ1) is 52.3. The second-order valence-corrected chi connectivity index (χ2v) is 31.4. The predicted octanol–water partition coefficient (Wildman–Crippen LogP) is 19.4. The Bertz CT molecular complexity index is 3340. The summed E-state index contributed by atoms with van der Waals surface area (Å²) in [6.07, 6.45) is 32.6. The molecule has 2 saturated carbocycles. The molecule has 5 atom stereocenters. The molecule has 0 radical (unpaired) electrons. The Kier molecular flexibility index (Phi) is 39.3. The highest BCUT2D eigenvalue weighted by atomic mass is 16.5. The molecule has 7 aliphatic rings. The van der Waals surface area contributed by atoms with E-state index >= 15 is 0 Å². The number of ketones is 3. The first-order valence-electron chi connectivity index (χ1n) is 42.0. The smallest absolute Gasteiger partial charge is 0.165 e. The Morgan fingerprint density at radius 2 is 0.748 bits per heavy atom. The molecule has 584 valence electrons. The van der Waals surface area contributed by atoms with Gasteiger partial charge in [-0.1, -0.05) is 65.7 Å². The zero-order valence-electron chi connectivity index (χ0n) is 66.6. The monoisotopic (exact) mass is 1460 g/mol. The fourth-order valence-electron chi connectivity index (χ4n) is 16.0. The summed E-state index contributed by atoms with van der Waals surface area (Å²) in [5.41, 5.74) is 3.80. The molecular formula is C92H133N7O8. The lowest BCUT2D eigenvalue weighted by molar-refractivity contribution is 0.0854. The highest BCUT2D eigenvalue weighted by molar-refractivity contribution is 5.99. The largest absolute Gasteiger partial charge is 0.494 e. The molecule has 15 nitrogen and oxygen atoms in total. The van der Waals surface area contributed by atoms with Crippen LogP contribution in [0.25, 0.3) is 0 Å². The lowest BCUT2D eigenvalue weighted by Crippen LogP contribution is -2.44. The normalized spacial score (nSPS) is 20.9. The zero-order chi connectivity index (χ0) is 75.6. The summed E-state index contributed by atoms with van der Waals surface area (Å²) >= 11 is 0. The van der Waals surface area contributed by atoms with Crippen LogP contribution in [-0.4, -0.2) is 172 Å². The predicted molar refractivity (Wildman–Crippen MR) is 434 cm³/mol. The minimum atomic E-state index is 0.181. The highest BCUT2D eigenvalue weighted by Crippen LogP contribution is 2.32. The standard InChI is InChI=1S/C20H29NO2.C19H27NO2.C18H26N2O.C18H27NO2.C17H24N2O/c22-20(17-7-2-3-8-17)18-9-11-19(12-10-18)23-16-6-15-21-13-4-1-5-14-21;21-19(16-6-4-7-16)17-8-10-18(11-9-17)22-15-5-14-20-12-2-1-3-13-20;1-3-16-6-5-15(2)20(14-16)11-4-12-21-18-9-7-17(13-19)8-10-18;1-3-18(20)16-7-9-17(10-8-16)21-13-5-12-19-11-4-6-15(2)14-19;1-14-5-3-6-15(2)19(14)11-4-12-20-17-9-7-16(13-18)8-10-17/h9-12,17H,1-8,13-16H2;8-11,16H,1-7,12-15H2;7-10,15-16H,3-6,11-12,14H2,1-2H3;7-10,15H,3-6,11-14H2,1-2H3;7-10,14-15H,3-6,11-12H2,1-2H3/t;;15-,16+;;/m..0../s1. The van der Waals surface area contributed by atoms with Crippen molar-refractivity contribution in [2.45, 2.75) is 233 Å². The van der Waals surface area contributed by atoms with Crippen molar-refractivity contribution in [3.63, 3.8) is 0 Å². The van der Waals surface area contributed by atoms with Crippen molar-refractivity contribution in [1.82, 2.24) is 24.5 Å². The number of nitrogens with zero attached hydrogens (tertiary/aromatic N) is 7. The van der Waals surface area contributed by atoms with E-state index in [2.05, 4.69) is 71.3 Å². The third kappa shape index (κ3) is 31.4. The molecule has 5 aromatic rings. The maximum absolute atomic E-state index is 12.3. The third-order valence-corrected chi connectivity index (χ3v) is 23.0. The fourth-order valence-corrected chi connectivity index (χ4v) is 16.0. The molecular weight excluding hydrogens is 1330 g/mol. The summed E-state index contributed by atoms with van der Waals surface area (Å²) in [5, 5.41) is 17.5. The van der Waals surface area contributed by atoms with Crippen LogP contribution in [0.2, 0.25) is 0 Å². The number of ether oxygens (including phenoxy) is 5. The average molecular weight is 1470 g/mol. The SMILES string of the molecule is CC1CCCC(C)N1CCCOc1ccc(C#N)cc1.CCC(=O)c1ccc(OCCCN2CCCC(C)C2)cc1.CC[C@@H]1CC[C@H](C)N(CCCOc2ccc(C#N)cc2)C1.O=C(c1ccc(OCCCN2CCCCC2)cc1)C1CCC1.O=C(c1ccc(OCCCN2CCCCC2)cc1)C1CCCC1. The Morgan fingerprint density at radius 1 is 0.374 bits per heavy atom. The molecule has 0 N–H and O–H groups in total. The Labute approximate surface area is 645 Å². The number of likely N-dealkylation sites (tertiary alicyclic amines) is 5. The number of benzene rings is 5.